The molecule has 0 spiro atoms. The second kappa shape index (κ2) is 6.94. The summed E-state index contributed by atoms with van der Waals surface area (Å²) >= 11 is 0. The van der Waals surface area contributed by atoms with Gasteiger partial charge in [0, 0.05) is 38.4 Å². The van der Waals surface area contributed by atoms with Crippen LogP contribution in [0.5, 0.6) is 0 Å². The number of aromatic nitrogens is 1. The van der Waals surface area contributed by atoms with E-state index in [9.17, 15) is 4.79 Å². The summed E-state index contributed by atoms with van der Waals surface area (Å²) < 4.78 is 0. The van der Waals surface area contributed by atoms with Crippen LogP contribution < -0.4 is 10.2 Å². The highest BCUT2D eigenvalue weighted by Gasteiger charge is 2.42. The summed E-state index contributed by atoms with van der Waals surface area (Å²) in [4.78, 5) is 22.1. The Kier molecular flexibility index (Phi) is 4.67. The molecule has 4 rings (SSSR count). The van der Waals surface area contributed by atoms with Gasteiger partial charge in [0.25, 0.3) is 5.91 Å². The molecule has 0 aromatic carbocycles. The molecule has 3 aliphatic rings. The number of piperazine rings is 1. The van der Waals surface area contributed by atoms with E-state index in [-0.39, 0.29) is 11.9 Å². The molecule has 1 aromatic heterocycles. The lowest BCUT2D eigenvalue weighted by atomic mass is 9.84. The topological polar surface area (TPSA) is 48.5 Å². The van der Waals surface area contributed by atoms with E-state index in [1.807, 2.05) is 12.1 Å². The third kappa shape index (κ3) is 3.39. The number of fused-ring (bicyclic) bond motifs is 2. The molecule has 2 heterocycles. The molecule has 2 saturated carbocycles. The lowest BCUT2D eigenvalue weighted by Gasteiger charge is -2.34. The molecule has 2 bridgehead atoms. The maximum atomic E-state index is 13.0. The second-order valence-electron chi connectivity index (χ2n) is 8.27. The van der Waals surface area contributed by atoms with Gasteiger partial charge in [-0.3, -0.25) is 4.79 Å². The van der Waals surface area contributed by atoms with Gasteiger partial charge in [-0.2, -0.15) is 0 Å². The number of hydrogen-bond donors (Lipinski definition) is 1. The number of rotatable bonds is 4. The van der Waals surface area contributed by atoms with Gasteiger partial charge in [0.2, 0.25) is 0 Å². The Hall–Kier alpha value is -1.62. The Morgan fingerprint density at radius 1 is 1.24 bits per heavy atom. The summed E-state index contributed by atoms with van der Waals surface area (Å²) in [6.45, 7) is 6.07. The standard InChI is InChI=1S/C20H30N4O/c1-14(18-13-15-5-6-16(18)12-15)22-20(25)17-4-3-7-21-19(17)24-10-8-23(2)9-11-24/h3-4,7,14-16,18H,5-6,8-13H2,1-2H3,(H,22,25). The predicted molar refractivity (Wildman–Crippen MR) is 99.8 cm³/mol. The fourth-order valence-corrected chi connectivity index (χ4v) is 5.14. The van der Waals surface area contributed by atoms with Crippen molar-refractivity contribution in [2.75, 3.05) is 38.1 Å². The average molecular weight is 342 g/mol. The average Bonchev–Trinajstić information content (AvgIpc) is 3.26. The first-order valence-electron chi connectivity index (χ1n) is 9.81. The quantitative estimate of drug-likeness (QED) is 0.913. The molecular formula is C20H30N4O. The highest BCUT2D eigenvalue weighted by atomic mass is 16.1. The summed E-state index contributed by atoms with van der Waals surface area (Å²) in [5, 5.41) is 3.30. The minimum atomic E-state index is 0.0392. The molecule has 4 atom stereocenters. The Morgan fingerprint density at radius 2 is 2.04 bits per heavy atom. The van der Waals surface area contributed by atoms with Crippen molar-refractivity contribution < 1.29 is 4.79 Å². The maximum Gasteiger partial charge on any atom is 0.255 e. The highest BCUT2D eigenvalue weighted by Crippen LogP contribution is 2.49. The molecule has 1 amide bonds. The number of nitrogens with one attached hydrogen (secondary N) is 1. The summed E-state index contributed by atoms with van der Waals surface area (Å²) in [7, 11) is 2.14. The van der Waals surface area contributed by atoms with Gasteiger partial charge in [-0.1, -0.05) is 6.42 Å². The molecule has 136 valence electrons. The van der Waals surface area contributed by atoms with E-state index in [2.05, 4.69) is 34.1 Å². The Labute approximate surface area is 150 Å². The SMILES string of the molecule is CC(NC(=O)c1cccnc1N1CCN(C)CC1)C1CC2CCC1C2. The van der Waals surface area contributed by atoms with Crippen molar-refractivity contribution in [3.63, 3.8) is 0 Å². The molecule has 1 saturated heterocycles. The number of likely N-dealkylation sites (N-methyl/N-ethyl adjacent to an activating group) is 1. The normalized spacial score (nSPS) is 30.5. The lowest BCUT2D eigenvalue weighted by molar-refractivity contribution is 0.0915. The molecule has 1 aliphatic heterocycles. The van der Waals surface area contributed by atoms with Crippen LogP contribution in [0.3, 0.4) is 0 Å². The third-order valence-corrected chi connectivity index (χ3v) is 6.63. The fraction of sp³-hybridized carbons (Fsp3) is 0.700. The van der Waals surface area contributed by atoms with Crippen LogP contribution in [-0.4, -0.2) is 55.1 Å². The zero-order chi connectivity index (χ0) is 17.4. The van der Waals surface area contributed by atoms with Crippen molar-refractivity contribution in [1.82, 2.24) is 15.2 Å². The minimum absolute atomic E-state index is 0.0392. The van der Waals surface area contributed by atoms with Crippen LogP contribution in [0.1, 0.15) is 43.0 Å². The monoisotopic (exact) mass is 342 g/mol. The first kappa shape index (κ1) is 16.8. The van der Waals surface area contributed by atoms with Crippen LogP contribution in [0.25, 0.3) is 0 Å². The number of carbonyl (C=O) groups excluding carboxylic acids is 1. The van der Waals surface area contributed by atoms with Gasteiger partial charge in [-0.25, -0.2) is 4.98 Å². The zero-order valence-corrected chi connectivity index (χ0v) is 15.4. The largest absolute Gasteiger partial charge is 0.353 e. The van der Waals surface area contributed by atoms with Crippen molar-refractivity contribution in [2.45, 2.75) is 38.6 Å². The summed E-state index contributed by atoms with van der Waals surface area (Å²) in [6, 6.07) is 4.04. The van der Waals surface area contributed by atoms with E-state index >= 15 is 0 Å². The lowest BCUT2D eigenvalue weighted by Crippen LogP contribution is -2.46. The number of carbonyl (C=O) groups is 1. The fourth-order valence-electron chi connectivity index (χ4n) is 5.14. The highest BCUT2D eigenvalue weighted by molar-refractivity contribution is 5.99. The van der Waals surface area contributed by atoms with E-state index in [1.165, 1.54) is 25.7 Å². The van der Waals surface area contributed by atoms with Gasteiger partial charge in [-0.15, -0.1) is 0 Å². The van der Waals surface area contributed by atoms with E-state index < -0.39 is 0 Å². The molecule has 5 heteroatoms. The number of hydrogen-bond acceptors (Lipinski definition) is 4. The van der Waals surface area contributed by atoms with Crippen molar-refractivity contribution in [2.24, 2.45) is 17.8 Å². The van der Waals surface area contributed by atoms with Crippen molar-refractivity contribution in [3.8, 4) is 0 Å². The number of pyridine rings is 1. The predicted octanol–water partition coefficient (Wildman–Crippen LogP) is 2.39. The van der Waals surface area contributed by atoms with Gasteiger partial charge in [0.15, 0.2) is 0 Å². The molecule has 1 N–H and O–H groups in total. The maximum absolute atomic E-state index is 13.0. The first-order valence-corrected chi connectivity index (χ1v) is 9.81. The summed E-state index contributed by atoms with van der Waals surface area (Å²) in [5.74, 6) is 3.27. The molecule has 25 heavy (non-hydrogen) atoms. The second-order valence-corrected chi connectivity index (χ2v) is 8.27. The molecule has 4 unspecified atom stereocenters. The van der Waals surface area contributed by atoms with Gasteiger partial charge in [0.1, 0.15) is 5.82 Å². The molecule has 5 nitrogen and oxygen atoms in total. The van der Waals surface area contributed by atoms with Crippen LogP contribution in [0.4, 0.5) is 5.82 Å². The molecule has 0 radical (unpaired) electrons. The van der Waals surface area contributed by atoms with Crippen LogP contribution in [0, 0.1) is 17.8 Å². The zero-order valence-electron chi connectivity index (χ0n) is 15.4. The van der Waals surface area contributed by atoms with Gasteiger partial charge in [-0.05, 0) is 63.1 Å². The van der Waals surface area contributed by atoms with Crippen molar-refractivity contribution >= 4 is 11.7 Å². The Bertz CT molecular complexity index is 626. The first-order chi connectivity index (χ1) is 12.1. The van der Waals surface area contributed by atoms with E-state index in [1.54, 1.807) is 6.20 Å². The molecular weight excluding hydrogens is 312 g/mol. The summed E-state index contributed by atoms with van der Waals surface area (Å²) in [5.41, 5.74) is 0.724. The van der Waals surface area contributed by atoms with E-state index in [0.29, 0.717) is 5.92 Å². The van der Waals surface area contributed by atoms with Gasteiger partial charge in [0.05, 0.1) is 5.56 Å². The van der Waals surface area contributed by atoms with Crippen LogP contribution in [0.2, 0.25) is 0 Å². The number of anilines is 1. The number of amides is 1. The minimum Gasteiger partial charge on any atom is -0.353 e. The molecule has 1 aromatic rings. The van der Waals surface area contributed by atoms with Gasteiger partial charge >= 0.3 is 0 Å². The van der Waals surface area contributed by atoms with Crippen LogP contribution in [-0.2, 0) is 0 Å². The van der Waals surface area contributed by atoms with Crippen LogP contribution >= 0.6 is 0 Å². The van der Waals surface area contributed by atoms with Crippen molar-refractivity contribution in [3.05, 3.63) is 23.9 Å². The molecule has 2 aliphatic carbocycles. The molecule has 3 fully saturated rings. The van der Waals surface area contributed by atoms with E-state index in [0.717, 1.165) is 49.4 Å². The Balaban J connectivity index is 1.45. The van der Waals surface area contributed by atoms with Gasteiger partial charge < -0.3 is 15.1 Å². The Morgan fingerprint density at radius 3 is 2.72 bits per heavy atom. The number of nitrogens with zero attached hydrogens (tertiary/aromatic N) is 3. The van der Waals surface area contributed by atoms with Crippen molar-refractivity contribution in [1.29, 1.82) is 0 Å². The van der Waals surface area contributed by atoms with E-state index in [4.69, 9.17) is 0 Å². The van der Waals surface area contributed by atoms with Crippen LogP contribution in [0.15, 0.2) is 18.3 Å². The smallest absolute Gasteiger partial charge is 0.255 e. The third-order valence-electron chi connectivity index (χ3n) is 6.63. The summed E-state index contributed by atoms with van der Waals surface area (Å²) in [6.07, 6.45) is 7.23.